The number of thiocarbonyl (C=S) groups is 1. The molecule has 1 aromatic rings. The zero-order chi connectivity index (χ0) is 15.5. The molecule has 1 amide bonds. The molecule has 116 valence electrons. The lowest BCUT2D eigenvalue weighted by Gasteiger charge is -2.23. The fourth-order valence-corrected chi connectivity index (χ4v) is 4.33. The highest BCUT2D eigenvalue weighted by molar-refractivity contribution is 8.26. The molecule has 2 heterocycles. The molecule has 5 heteroatoms. The van der Waals surface area contributed by atoms with Gasteiger partial charge in [0.05, 0.1) is 4.91 Å². The van der Waals surface area contributed by atoms with Gasteiger partial charge in [-0.05, 0) is 30.5 Å². The summed E-state index contributed by atoms with van der Waals surface area (Å²) in [6.45, 7) is 4.15. The molecule has 1 aliphatic heterocycles. The first-order chi connectivity index (χ1) is 10.7. The average molecular weight is 332 g/mol. The predicted molar refractivity (Wildman–Crippen MR) is 96.6 cm³/mol. The van der Waals surface area contributed by atoms with Crippen LogP contribution in [0.25, 0.3) is 6.08 Å². The molecule has 1 aromatic heterocycles. The van der Waals surface area contributed by atoms with Gasteiger partial charge in [-0.3, -0.25) is 9.69 Å². The van der Waals surface area contributed by atoms with Gasteiger partial charge in [0.15, 0.2) is 0 Å². The van der Waals surface area contributed by atoms with E-state index < -0.39 is 0 Å². The van der Waals surface area contributed by atoms with E-state index in [-0.39, 0.29) is 5.91 Å². The lowest BCUT2D eigenvalue weighted by Crippen LogP contribution is -2.27. The van der Waals surface area contributed by atoms with E-state index in [1.54, 1.807) is 11.0 Å². The second kappa shape index (κ2) is 6.84. The van der Waals surface area contributed by atoms with Crippen molar-refractivity contribution in [1.29, 1.82) is 0 Å². The van der Waals surface area contributed by atoms with Crippen molar-refractivity contribution in [3.05, 3.63) is 41.6 Å². The number of carbonyl (C=O) groups is 1. The minimum Gasteiger partial charge on any atom is -0.351 e. The molecule has 0 N–H and O–H groups in total. The van der Waals surface area contributed by atoms with Gasteiger partial charge in [-0.15, -0.1) is 6.58 Å². The number of hydrogen-bond acceptors (Lipinski definition) is 3. The summed E-state index contributed by atoms with van der Waals surface area (Å²) in [5.74, 6) is -0.0136. The van der Waals surface area contributed by atoms with Gasteiger partial charge in [-0.1, -0.05) is 49.3 Å². The third kappa shape index (κ3) is 3.20. The summed E-state index contributed by atoms with van der Waals surface area (Å²) >= 11 is 6.63. The number of amides is 1. The van der Waals surface area contributed by atoms with Crippen LogP contribution < -0.4 is 0 Å². The van der Waals surface area contributed by atoms with Crippen molar-refractivity contribution in [3.8, 4) is 0 Å². The van der Waals surface area contributed by atoms with Gasteiger partial charge < -0.3 is 4.57 Å². The molecule has 1 saturated heterocycles. The van der Waals surface area contributed by atoms with E-state index in [0.29, 0.717) is 21.8 Å². The normalized spacial score (nSPS) is 21.8. The van der Waals surface area contributed by atoms with Crippen molar-refractivity contribution in [2.45, 2.75) is 38.1 Å². The van der Waals surface area contributed by atoms with E-state index >= 15 is 0 Å². The molecular formula is C17H20N2OS2. The highest BCUT2D eigenvalue weighted by atomic mass is 32.2. The fraction of sp³-hybridized carbons (Fsp3) is 0.412. The van der Waals surface area contributed by atoms with Crippen LogP contribution in [0.5, 0.6) is 0 Å². The van der Waals surface area contributed by atoms with Gasteiger partial charge in [0.25, 0.3) is 5.91 Å². The topological polar surface area (TPSA) is 25.2 Å². The van der Waals surface area contributed by atoms with Gasteiger partial charge >= 0.3 is 0 Å². The zero-order valence-corrected chi connectivity index (χ0v) is 14.2. The molecule has 3 nitrogen and oxygen atoms in total. The monoisotopic (exact) mass is 332 g/mol. The summed E-state index contributed by atoms with van der Waals surface area (Å²) in [4.78, 5) is 14.6. The van der Waals surface area contributed by atoms with E-state index in [2.05, 4.69) is 29.6 Å². The highest BCUT2D eigenvalue weighted by Gasteiger charge is 2.31. The van der Waals surface area contributed by atoms with Crippen LogP contribution in [0.4, 0.5) is 0 Å². The van der Waals surface area contributed by atoms with Crippen LogP contribution in [0.15, 0.2) is 36.0 Å². The molecule has 0 bridgehead atoms. The maximum absolute atomic E-state index is 12.3. The second-order valence-corrected chi connectivity index (χ2v) is 7.44. The van der Waals surface area contributed by atoms with Crippen LogP contribution in [-0.4, -0.2) is 26.2 Å². The average Bonchev–Trinajstić information content (AvgIpc) is 3.09. The smallest absolute Gasteiger partial charge is 0.266 e. The zero-order valence-electron chi connectivity index (χ0n) is 12.5. The van der Waals surface area contributed by atoms with Crippen molar-refractivity contribution in [2.75, 3.05) is 6.54 Å². The third-order valence-electron chi connectivity index (χ3n) is 4.22. The molecule has 22 heavy (non-hydrogen) atoms. The van der Waals surface area contributed by atoms with Gasteiger partial charge in [-0.2, -0.15) is 0 Å². The number of hydrogen-bond donors (Lipinski definition) is 0. The van der Waals surface area contributed by atoms with Crippen molar-refractivity contribution < 1.29 is 4.79 Å². The summed E-state index contributed by atoms with van der Waals surface area (Å²) in [5.41, 5.74) is 1.07. The standard InChI is InChI=1S/C17H20N2OS2/c1-2-9-19-16(20)15(22-17(19)21)11-13-8-10-18(12-13)14-6-4-3-5-7-14/h2,8,10-12,14H,1,3-7,9H2/b15-11+. The highest BCUT2D eigenvalue weighted by Crippen LogP contribution is 2.33. The van der Waals surface area contributed by atoms with Gasteiger partial charge in [0.1, 0.15) is 4.32 Å². The van der Waals surface area contributed by atoms with E-state index in [1.165, 1.54) is 43.9 Å². The minimum atomic E-state index is -0.0136. The Bertz CT molecular complexity index is 626. The maximum atomic E-state index is 12.3. The molecule has 1 aliphatic carbocycles. The second-order valence-electron chi connectivity index (χ2n) is 5.76. The summed E-state index contributed by atoms with van der Waals surface area (Å²) < 4.78 is 2.91. The van der Waals surface area contributed by atoms with Crippen LogP contribution >= 0.6 is 24.0 Å². The molecule has 0 atom stereocenters. The molecule has 0 unspecified atom stereocenters. The number of carbonyl (C=O) groups excluding carboxylic acids is 1. The van der Waals surface area contributed by atoms with E-state index in [4.69, 9.17) is 12.2 Å². The summed E-state index contributed by atoms with van der Waals surface area (Å²) in [5, 5.41) is 0. The Morgan fingerprint density at radius 1 is 1.36 bits per heavy atom. The van der Waals surface area contributed by atoms with E-state index in [0.717, 1.165) is 5.56 Å². The van der Waals surface area contributed by atoms with Crippen LogP contribution in [-0.2, 0) is 4.79 Å². The lowest BCUT2D eigenvalue weighted by molar-refractivity contribution is -0.121. The van der Waals surface area contributed by atoms with Crippen LogP contribution in [0.1, 0.15) is 43.7 Å². The molecule has 0 aromatic carbocycles. The van der Waals surface area contributed by atoms with E-state index in [1.807, 2.05) is 6.08 Å². The summed E-state index contributed by atoms with van der Waals surface area (Å²) in [6.07, 6.45) is 14.4. The quantitative estimate of drug-likeness (QED) is 0.465. The largest absolute Gasteiger partial charge is 0.351 e. The molecule has 2 aliphatic rings. The SMILES string of the molecule is C=CCN1C(=O)/C(=C\c2ccn(C3CCCCC3)c2)SC1=S. The molecule has 1 saturated carbocycles. The lowest BCUT2D eigenvalue weighted by atomic mass is 9.95. The van der Waals surface area contributed by atoms with Gasteiger partial charge in [0, 0.05) is 25.0 Å². The Labute approximate surface area is 141 Å². The first kappa shape index (κ1) is 15.6. The van der Waals surface area contributed by atoms with Crippen molar-refractivity contribution >= 4 is 40.3 Å². The number of rotatable bonds is 4. The first-order valence-electron chi connectivity index (χ1n) is 7.73. The number of nitrogens with zero attached hydrogens (tertiary/aromatic N) is 2. The van der Waals surface area contributed by atoms with Crippen molar-refractivity contribution in [2.24, 2.45) is 0 Å². The van der Waals surface area contributed by atoms with Crippen molar-refractivity contribution in [1.82, 2.24) is 9.47 Å². The number of thioether (sulfide) groups is 1. The summed E-state index contributed by atoms with van der Waals surface area (Å²) in [7, 11) is 0. The van der Waals surface area contributed by atoms with Gasteiger partial charge in [-0.25, -0.2) is 0 Å². The fourth-order valence-electron chi connectivity index (χ4n) is 3.06. The third-order valence-corrected chi connectivity index (χ3v) is 5.59. The van der Waals surface area contributed by atoms with Crippen LogP contribution in [0.3, 0.4) is 0 Å². The molecule has 0 spiro atoms. The molecule has 2 fully saturated rings. The minimum absolute atomic E-state index is 0.0136. The van der Waals surface area contributed by atoms with Crippen LogP contribution in [0, 0.1) is 0 Å². The Kier molecular flexibility index (Phi) is 4.84. The van der Waals surface area contributed by atoms with Crippen LogP contribution in [0.2, 0.25) is 0 Å². The predicted octanol–water partition coefficient (Wildman–Crippen LogP) is 4.38. The van der Waals surface area contributed by atoms with Crippen molar-refractivity contribution in [3.63, 3.8) is 0 Å². The Balaban J connectivity index is 1.75. The Hall–Kier alpha value is -1.33. The summed E-state index contributed by atoms with van der Waals surface area (Å²) in [6, 6.07) is 2.69. The first-order valence-corrected chi connectivity index (χ1v) is 8.95. The molecule has 0 radical (unpaired) electrons. The maximum Gasteiger partial charge on any atom is 0.266 e. The Morgan fingerprint density at radius 2 is 2.14 bits per heavy atom. The number of aromatic nitrogens is 1. The van der Waals surface area contributed by atoms with E-state index in [9.17, 15) is 4.79 Å². The molecule has 3 rings (SSSR count). The molecular weight excluding hydrogens is 312 g/mol. The van der Waals surface area contributed by atoms with Gasteiger partial charge in [0.2, 0.25) is 0 Å². The Morgan fingerprint density at radius 3 is 2.86 bits per heavy atom.